The molecular weight excluding hydrogens is 298 g/mol. The Morgan fingerprint density at radius 1 is 1.29 bits per heavy atom. The minimum atomic E-state index is 0.160. The van der Waals surface area contributed by atoms with Crippen molar-refractivity contribution in [1.82, 2.24) is 14.8 Å². The number of amides is 1. The standard InChI is InChI=1S/C20H29N3O/c1-16-5-3-4-12-23(16)14-11-21-20(24)9-7-17-6-8-19-18(15-17)10-13-22(19)2/h6,8,10,13,15-16H,3-5,7,9,11-12,14H2,1-2H3,(H,21,24)/t16-/m1/s1. The summed E-state index contributed by atoms with van der Waals surface area (Å²) in [4.78, 5) is 14.6. The van der Waals surface area contributed by atoms with Crippen molar-refractivity contribution in [2.45, 2.75) is 45.1 Å². The molecular formula is C20H29N3O. The maximum absolute atomic E-state index is 12.1. The molecule has 3 rings (SSSR count). The van der Waals surface area contributed by atoms with E-state index in [1.807, 2.05) is 0 Å². The number of hydrogen-bond donors (Lipinski definition) is 1. The summed E-state index contributed by atoms with van der Waals surface area (Å²) in [5.41, 5.74) is 2.47. The van der Waals surface area contributed by atoms with Crippen LogP contribution in [0.4, 0.5) is 0 Å². The van der Waals surface area contributed by atoms with Gasteiger partial charge < -0.3 is 9.88 Å². The number of carbonyl (C=O) groups is 1. The molecule has 0 aliphatic carbocycles. The molecule has 1 N–H and O–H groups in total. The van der Waals surface area contributed by atoms with E-state index in [2.05, 4.69) is 59.2 Å². The number of benzene rings is 1. The van der Waals surface area contributed by atoms with Gasteiger partial charge in [-0.2, -0.15) is 0 Å². The third-order valence-corrected chi connectivity index (χ3v) is 5.25. The number of hydrogen-bond acceptors (Lipinski definition) is 2. The van der Waals surface area contributed by atoms with Crippen LogP contribution in [0.15, 0.2) is 30.5 Å². The van der Waals surface area contributed by atoms with Crippen molar-refractivity contribution in [3.8, 4) is 0 Å². The van der Waals surface area contributed by atoms with Crippen molar-refractivity contribution in [2.75, 3.05) is 19.6 Å². The number of nitrogens with one attached hydrogen (secondary N) is 1. The summed E-state index contributed by atoms with van der Waals surface area (Å²) < 4.78 is 2.12. The molecule has 0 radical (unpaired) electrons. The quantitative estimate of drug-likeness (QED) is 0.885. The maximum atomic E-state index is 12.1. The third kappa shape index (κ3) is 4.18. The fourth-order valence-electron chi connectivity index (χ4n) is 3.66. The van der Waals surface area contributed by atoms with Gasteiger partial charge in [0.25, 0.3) is 0 Å². The van der Waals surface area contributed by atoms with Gasteiger partial charge in [-0.3, -0.25) is 9.69 Å². The minimum absolute atomic E-state index is 0.160. The predicted octanol–water partition coefficient (Wildman–Crippen LogP) is 3.10. The number of fused-ring (bicyclic) bond motifs is 1. The van der Waals surface area contributed by atoms with Crippen LogP contribution in [0.2, 0.25) is 0 Å². The number of likely N-dealkylation sites (tertiary alicyclic amines) is 1. The van der Waals surface area contributed by atoms with Crippen LogP contribution >= 0.6 is 0 Å². The highest BCUT2D eigenvalue weighted by atomic mass is 16.1. The van der Waals surface area contributed by atoms with Crippen LogP contribution in [0.3, 0.4) is 0 Å². The summed E-state index contributed by atoms with van der Waals surface area (Å²) in [5, 5.41) is 4.32. The van der Waals surface area contributed by atoms with Gasteiger partial charge in [0.05, 0.1) is 0 Å². The highest BCUT2D eigenvalue weighted by Crippen LogP contribution is 2.18. The predicted molar refractivity (Wildman–Crippen MR) is 99.1 cm³/mol. The molecule has 2 heterocycles. The summed E-state index contributed by atoms with van der Waals surface area (Å²) in [6, 6.07) is 9.25. The van der Waals surface area contributed by atoms with Crippen LogP contribution < -0.4 is 5.32 Å². The van der Waals surface area contributed by atoms with Gasteiger partial charge in [-0.05, 0) is 61.9 Å². The zero-order valence-electron chi connectivity index (χ0n) is 14.9. The Hall–Kier alpha value is -1.81. The fourth-order valence-corrected chi connectivity index (χ4v) is 3.66. The van der Waals surface area contributed by atoms with Crippen molar-refractivity contribution in [3.05, 3.63) is 36.0 Å². The molecule has 24 heavy (non-hydrogen) atoms. The molecule has 1 aliphatic heterocycles. The normalized spacial score (nSPS) is 18.8. The van der Waals surface area contributed by atoms with Gasteiger partial charge in [-0.1, -0.05) is 12.5 Å². The Bertz CT molecular complexity index is 691. The summed E-state index contributed by atoms with van der Waals surface area (Å²) in [6.45, 7) is 5.21. The van der Waals surface area contributed by atoms with Crippen molar-refractivity contribution in [3.63, 3.8) is 0 Å². The van der Waals surface area contributed by atoms with E-state index in [4.69, 9.17) is 0 Å². The van der Waals surface area contributed by atoms with Crippen LogP contribution in [0.1, 0.15) is 38.2 Å². The van der Waals surface area contributed by atoms with E-state index < -0.39 is 0 Å². The average Bonchev–Trinajstić information content (AvgIpc) is 2.95. The molecule has 1 aromatic heterocycles. The van der Waals surface area contributed by atoms with Crippen LogP contribution in [-0.2, 0) is 18.3 Å². The molecule has 0 unspecified atom stereocenters. The first-order valence-corrected chi connectivity index (χ1v) is 9.18. The summed E-state index contributed by atoms with van der Waals surface area (Å²) in [7, 11) is 2.05. The number of aryl methyl sites for hydroxylation is 2. The lowest BCUT2D eigenvalue weighted by Crippen LogP contribution is -2.42. The Balaban J connectivity index is 1.41. The van der Waals surface area contributed by atoms with Crippen molar-refractivity contribution in [1.29, 1.82) is 0 Å². The van der Waals surface area contributed by atoms with Gasteiger partial charge in [0.2, 0.25) is 5.91 Å². The fraction of sp³-hybridized carbons (Fsp3) is 0.550. The Morgan fingerprint density at radius 3 is 3.00 bits per heavy atom. The monoisotopic (exact) mass is 327 g/mol. The first kappa shape index (κ1) is 17.0. The van der Waals surface area contributed by atoms with Gasteiger partial charge in [0.15, 0.2) is 0 Å². The summed E-state index contributed by atoms with van der Waals surface area (Å²) >= 11 is 0. The molecule has 1 amide bonds. The number of carbonyl (C=O) groups excluding carboxylic acids is 1. The Morgan fingerprint density at radius 2 is 2.17 bits per heavy atom. The largest absolute Gasteiger partial charge is 0.355 e. The molecule has 130 valence electrons. The molecule has 1 atom stereocenters. The molecule has 2 aromatic rings. The molecule has 4 heteroatoms. The van der Waals surface area contributed by atoms with Crippen molar-refractivity contribution in [2.24, 2.45) is 7.05 Å². The van der Waals surface area contributed by atoms with Crippen LogP contribution in [0.25, 0.3) is 10.9 Å². The van der Waals surface area contributed by atoms with Gasteiger partial charge in [-0.15, -0.1) is 0 Å². The molecule has 0 bridgehead atoms. The highest BCUT2D eigenvalue weighted by Gasteiger charge is 2.17. The van der Waals surface area contributed by atoms with E-state index in [1.54, 1.807) is 0 Å². The second-order valence-corrected chi connectivity index (χ2v) is 7.05. The lowest BCUT2D eigenvalue weighted by Gasteiger charge is -2.33. The average molecular weight is 327 g/mol. The topological polar surface area (TPSA) is 37.3 Å². The number of aromatic nitrogens is 1. The zero-order valence-corrected chi connectivity index (χ0v) is 14.9. The molecule has 1 aromatic carbocycles. The number of nitrogens with zero attached hydrogens (tertiary/aromatic N) is 2. The Labute approximate surface area is 144 Å². The lowest BCUT2D eigenvalue weighted by molar-refractivity contribution is -0.121. The molecule has 1 aliphatic rings. The SMILES string of the molecule is C[C@@H]1CCCCN1CCNC(=O)CCc1ccc2c(ccn2C)c1. The van der Waals surface area contributed by atoms with E-state index in [-0.39, 0.29) is 5.91 Å². The zero-order chi connectivity index (χ0) is 16.9. The highest BCUT2D eigenvalue weighted by molar-refractivity contribution is 5.81. The summed E-state index contributed by atoms with van der Waals surface area (Å²) in [6.07, 6.45) is 7.36. The van der Waals surface area contributed by atoms with Gasteiger partial charge in [0.1, 0.15) is 0 Å². The smallest absolute Gasteiger partial charge is 0.220 e. The van der Waals surface area contributed by atoms with Gasteiger partial charge in [-0.25, -0.2) is 0 Å². The van der Waals surface area contributed by atoms with E-state index in [0.29, 0.717) is 12.5 Å². The van der Waals surface area contributed by atoms with Crippen LogP contribution in [0, 0.1) is 0 Å². The van der Waals surface area contributed by atoms with E-state index in [9.17, 15) is 4.79 Å². The van der Waals surface area contributed by atoms with Gasteiger partial charge >= 0.3 is 0 Å². The number of piperidine rings is 1. The van der Waals surface area contributed by atoms with Crippen molar-refractivity contribution < 1.29 is 4.79 Å². The second kappa shape index (κ2) is 7.84. The molecule has 0 saturated carbocycles. The van der Waals surface area contributed by atoms with Gasteiger partial charge in [0, 0.05) is 44.3 Å². The second-order valence-electron chi connectivity index (χ2n) is 7.05. The van der Waals surface area contributed by atoms with Crippen LogP contribution in [-0.4, -0.2) is 41.1 Å². The lowest BCUT2D eigenvalue weighted by atomic mass is 10.0. The maximum Gasteiger partial charge on any atom is 0.220 e. The number of rotatable bonds is 6. The van der Waals surface area contributed by atoms with Crippen molar-refractivity contribution >= 4 is 16.8 Å². The molecule has 4 nitrogen and oxygen atoms in total. The molecule has 1 saturated heterocycles. The third-order valence-electron chi connectivity index (χ3n) is 5.25. The van der Waals surface area contributed by atoms with Crippen LogP contribution in [0.5, 0.6) is 0 Å². The Kier molecular flexibility index (Phi) is 5.56. The molecule has 1 fully saturated rings. The summed E-state index contributed by atoms with van der Waals surface area (Å²) in [5.74, 6) is 0.160. The first-order chi connectivity index (χ1) is 11.6. The minimum Gasteiger partial charge on any atom is -0.355 e. The molecule has 0 spiro atoms. The van der Waals surface area contributed by atoms with E-state index >= 15 is 0 Å². The van der Waals surface area contributed by atoms with E-state index in [0.717, 1.165) is 19.5 Å². The first-order valence-electron chi connectivity index (χ1n) is 9.18. The van der Waals surface area contributed by atoms with E-state index in [1.165, 1.54) is 42.3 Å².